The zero-order valence-corrected chi connectivity index (χ0v) is 18.0. The average Bonchev–Trinajstić information content (AvgIpc) is 3.14. The second kappa shape index (κ2) is 8.53. The Hall–Kier alpha value is -2.77. The number of carbonyl (C=O) groups is 2. The highest BCUT2D eigenvalue weighted by Gasteiger charge is 2.35. The van der Waals surface area contributed by atoms with Crippen molar-refractivity contribution in [2.24, 2.45) is 0 Å². The highest BCUT2D eigenvalue weighted by atomic mass is 35.5. The first-order valence-corrected chi connectivity index (χ1v) is 10.8. The number of rotatable bonds is 5. The summed E-state index contributed by atoms with van der Waals surface area (Å²) in [5.41, 5.74) is 2.62. The van der Waals surface area contributed by atoms with Gasteiger partial charge in [-0.2, -0.15) is 0 Å². The van der Waals surface area contributed by atoms with E-state index in [0.29, 0.717) is 34.5 Å². The Morgan fingerprint density at radius 1 is 1.23 bits per heavy atom. The fourth-order valence-corrected chi connectivity index (χ4v) is 4.85. The average molecular weight is 443 g/mol. The van der Waals surface area contributed by atoms with E-state index in [1.807, 2.05) is 24.3 Å². The van der Waals surface area contributed by atoms with Crippen molar-refractivity contribution in [2.45, 2.75) is 12.3 Å². The number of nitrogens with zero attached hydrogens (tertiary/aromatic N) is 2. The highest BCUT2D eigenvalue weighted by molar-refractivity contribution is 8.00. The number of carbonyl (C=O) groups excluding carboxylic acids is 2. The van der Waals surface area contributed by atoms with Crippen molar-refractivity contribution < 1.29 is 19.1 Å². The molecule has 8 heteroatoms. The number of pyridine rings is 1. The van der Waals surface area contributed by atoms with E-state index in [1.54, 1.807) is 43.2 Å². The number of ether oxygens (including phenoxy) is 2. The van der Waals surface area contributed by atoms with Crippen LogP contribution in [0.1, 0.15) is 28.2 Å². The molecular formula is C22H19ClN2O4S. The summed E-state index contributed by atoms with van der Waals surface area (Å²) in [6.07, 6.45) is 0. The summed E-state index contributed by atoms with van der Waals surface area (Å²) in [7, 11) is 1.60. The van der Waals surface area contributed by atoms with Crippen LogP contribution in [0.25, 0.3) is 10.9 Å². The predicted octanol–water partition coefficient (Wildman–Crippen LogP) is 4.85. The molecule has 1 aliphatic rings. The van der Waals surface area contributed by atoms with Gasteiger partial charge in [0.2, 0.25) is 5.91 Å². The normalized spacial score (nSPS) is 16.2. The summed E-state index contributed by atoms with van der Waals surface area (Å²) in [6, 6.07) is 14.4. The minimum absolute atomic E-state index is 0.0280. The number of esters is 1. The molecule has 6 nitrogen and oxygen atoms in total. The van der Waals surface area contributed by atoms with Crippen molar-refractivity contribution in [2.75, 3.05) is 24.4 Å². The first-order chi connectivity index (χ1) is 14.5. The van der Waals surface area contributed by atoms with Crippen molar-refractivity contribution >= 4 is 51.8 Å². The molecule has 0 N–H and O–H groups in total. The molecule has 0 bridgehead atoms. The van der Waals surface area contributed by atoms with Gasteiger partial charge >= 0.3 is 5.97 Å². The lowest BCUT2D eigenvalue weighted by atomic mass is 10.1. The maximum Gasteiger partial charge on any atom is 0.338 e. The number of halogens is 1. The van der Waals surface area contributed by atoms with Crippen LogP contribution in [0.2, 0.25) is 5.15 Å². The Labute approximate surface area is 183 Å². The molecule has 1 atom stereocenters. The van der Waals surface area contributed by atoms with Gasteiger partial charge in [-0.1, -0.05) is 11.6 Å². The molecule has 3 aromatic rings. The molecule has 1 saturated heterocycles. The van der Waals surface area contributed by atoms with Crippen molar-refractivity contribution in [3.05, 3.63) is 64.8 Å². The molecule has 0 radical (unpaired) electrons. The topological polar surface area (TPSA) is 68.7 Å². The Kier molecular flexibility index (Phi) is 5.83. The summed E-state index contributed by atoms with van der Waals surface area (Å²) in [6.45, 7) is 2.07. The summed E-state index contributed by atoms with van der Waals surface area (Å²) in [4.78, 5) is 30.8. The minimum atomic E-state index is -0.389. The Morgan fingerprint density at radius 2 is 2.00 bits per heavy atom. The molecular weight excluding hydrogens is 424 g/mol. The zero-order valence-electron chi connectivity index (χ0n) is 16.4. The molecule has 1 aromatic heterocycles. The Balaban J connectivity index is 1.69. The second-order valence-electron chi connectivity index (χ2n) is 6.62. The van der Waals surface area contributed by atoms with Crippen molar-refractivity contribution in [1.82, 2.24) is 4.98 Å². The van der Waals surface area contributed by atoms with Crippen molar-refractivity contribution in [3.8, 4) is 5.75 Å². The number of thioether (sulfide) groups is 1. The first-order valence-electron chi connectivity index (χ1n) is 9.37. The molecule has 2 heterocycles. The van der Waals surface area contributed by atoms with E-state index in [0.717, 1.165) is 16.5 Å². The maximum atomic E-state index is 12.7. The van der Waals surface area contributed by atoms with E-state index >= 15 is 0 Å². The number of hydrogen-bond acceptors (Lipinski definition) is 6. The van der Waals surface area contributed by atoms with E-state index in [9.17, 15) is 9.59 Å². The van der Waals surface area contributed by atoms with Crippen LogP contribution in [-0.2, 0) is 9.53 Å². The van der Waals surface area contributed by atoms with Gasteiger partial charge in [0.15, 0.2) is 0 Å². The van der Waals surface area contributed by atoms with Crippen molar-refractivity contribution in [3.63, 3.8) is 0 Å². The van der Waals surface area contributed by atoms with Crippen LogP contribution < -0.4 is 9.64 Å². The third-order valence-electron chi connectivity index (χ3n) is 4.80. The number of anilines is 1. The summed E-state index contributed by atoms with van der Waals surface area (Å²) < 4.78 is 10.3. The van der Waals surface area contributed by atoms with E-state index in [4.69, 9.17) is 21.1 Å². The molecule has 0 saturated carbocycles. The lowest BCUT2D eigenvalue weighted by Gasteiger charge is -2.25. The summed E-state index contributed by atoms with van der Waals surface area (Å²) in [5.74, 6) is 0.619. The van der Waals surface area contributed by atoms with Crippen LogP contribution in [0.15, 0.2) is 48.5 Å². The monoisotopic (exact) mass is 442 g/mol. The molecule has 1 amide bonds. The van der Waals surface area contributed by atoms with Crippen LogP contribution in [0.5, 0.6) is 5.75 Å². The maximum absolute atomic E-state index is 12.7. The molecule has 2 aromatic carbocycles. The molecule has 0 aliphatic carbocycles. The van der Waals surface area contributed by atoms with Gasteiger partial charge in [0, 0.05) is 22.7 Å². The van der Waals surface area contributed by atoms with Crippen LogP contribution in [0, 0.1) is 0 Å². The number of amides is 1. The van der Waals surface area contributed by atoms with Gasteiger partial charge in [0.25, 0.3) is 0 Å². The fraction of sp³-hybridized carbons (Fsp3) is 0.227. The standard InChI is InChI=1S/C22H19ClN2O4S/c1-3-29-22(27)13-4-7-15(8-5-13)25-19(26)12-30-21(25)17-10-14-6-9-16(28-2)11-18(14)24-20(17)23/h4-11,21H,3,12H2,1-2H3. The Morgan fingerprint density at radius 3 is 2.70 bits per heavy atom. The zero-order chi connectivity index (χ0) is 21.3. The van der Waals surface area contributed by atoms with Crippen molar-refractivity contribution in [1.29, 1.82) is 0 Å². The van der Waals surface area contributed by atoms with Gasteiger partial charge in [-0.25, -0.2) is 9.78 Å². The van der Waals surface area contributed by atoms with E-state index < -0.39 is 0 Å². The lowest BCUT2D eigenvalue weighted by molar-refractivity contribution is -0.115. The third kappa shape index (κ3) is 3.82. The van der Waals surface area contributed by atoms with E-state index in [-0.39, 0.29) is 17.3 Å². The lowest BCUT2D eigenvalue weighted by Crippen LogP contribution is -2.28. The molecule has 0 spiro atoms. The molecule has 30 heavy (non-hydrogen) atoms. The molecule has 1 aliphatic heterocycles. The van der Waals surface area contributed by atoms with E-state index in [1.165, 1.54) is 11.8 Å². The van der Waals surface area contributed by atoms with E-state index in [2.05, 4.69) is 4.98 Å². The van der Waals surface area contributed by atoms with Gasteiger partial charge in [0.1, 0.15) is 16.3 Å². The van der Waals surface area contributed by atoms with Crippen LogP contribution in [0.3, 0.4) is 0 Å². The number of aromatic nitrogens is 1. The fourth-order valence-electron chi connectivity index (χ4n) is 3.35. The molecule has 1 fully saturated rings. The molecule has 1 unspecified atom stereocenters. The first kappa shape index (κ1) is 20.5. The quantitative estimate of drug-likeness (QED) is 0.415. The predicted molar refractivity (Wildman–Crippen MR) is 118 cm³/mol. The van der Waals surface area contributed by atoms with Crippen LogP contribution in [-0.4, -0.2) is 36.3 Å². The largest absolute Gasteiger partial charge is 0.497 e. The number of hydrogen-bond donors (Lipinski definition) is 0. The Bertz CT molecular complexity index is 1120. The highest BCUT2D eigenvalue weighted by Crippen LogP contribution is 2.44. The summed E-state index contributed by atoms with van der Waals surface area (Å²) >= 11 is 8.01. The van der Waals surface area contributed by atoms with Gasteiger partial charge in [-0.05, 0) is 49.4 Å². The van der Waals surface area contributed by atoms with Gasteiger partial charge in [0.05, 0.1) is 30.5 Å². The van der Waals surface area contributed by atoms with Gasteiger partial charge in [-0.3, -0.25) is 9.69 Å². The second-order valence-corrected chi connectivity index (χ2v) is 8.05. The van der Waals surface area contributed by atoms with Gasteiger partial charge in [-0.15, -0.1) is 11.8 Å². The van der Waals surface area contributed by atoms with Gasteiger partial charge < -0.3 is 9.47 Å². The molecule has 154 valence electrons. The smallest absolute Gasteiger partial charge is 0.338 e. The molecule has 4 rings (SSSR count). The van der Waals surface area contributed by atoms with Crippen LogP contribution >= 0.6 is 23.4 Å². The summed E-state index contributed by atoms with van der Waals surface area (Å²) in [5, 5.41) is 0.946. The third-order valence-corrected chi connectivity index (χ3v) is 6.29. The van der Waals surface area contributed by atoms with Crippen LogP contribution in [0.4, 0.5) is 5.69 Å². The number of benzene rings is 2. The minimum Gasteiger partial charge on any atom is -0.497 e. The SMILES string of the molecule is CCOC(=O)c1ccc(N2C(=O)CSC2c2cc3ccc(OC)cc3nc2Cl)cc1. The number of methoxy groups -OCH3 is 1. The number of fused-ring (bicyclic) bond motifs is 1.